The van der Waals surface area contributed by atoms with Crippen LogP contribution in [-0.4, -0.2) is 40.7 Å². The molecule has 6 heteroatoms. The number of aromatic nitrogens is 3. The molecule has 1 N–H and O–H groups in total. The number of rotatable bonds is 8. The van der Waals surface area contributed by atoms with Crippen LogP contribution in [0.3, 0.4) is 0 Å². The van der Waals surface area contributed by atoms with Gasteiger partial charge < -0.3 is 15.0 Å². The van der Waals surface area contributed by atoms with E-state index in [0.29, 0.717) is 30.5 Å². The Balaban J connectivity index is 2.26. The van der Waals surface area contributed by atoms with Crippen LogP contribution in [0.5, 0.6) is 6.01 Å². The van der Waals surface area contributed by atoms with Gasteiger partial charge in [-0.1, -0.05) is 13.8 Å². The fraction of sp³-hybridized carbons (Fsp3) is 0.786. The second-order valence-corrected chi connectivity index (χ2v) is 5.48. The molecule has 0 aliphatic heterocycles. The van der Waals surface area contributed by atoms with E-state index in [1.807, 2.05) is 13.8 Å². The van der Waals surface area contributed by atoms with Gasteiger partial charge in [0, 0.05) is 19.1 Å². The van der Waals surface area contributed by atoms with Crippen LogP contribution in [0.1, 0.15) is 40.5 Å². The Bertz CT molecular complexity index is 409. The van der Waals surface area contributed by atoms with E-state index in [9.17, 15) is 0 Å². The van der Waals surface area contributed by atoms with E-state index in [2.05, 4.69) is 39.0 Å². The Labute approximate surface area is 121 Å². The van der Waals surface area contributed by atoms with Crippen molar-refractivity contribution in [2.75, 3.05) is 29.9 Å². The predicted octanol–water partition coefficient (Wildman–Crippen LogP) is 2.33. The molecule has 0 saturated heterocycles. The number of nitrogens with one attached hydrogen (secondary N) is 1. The first-order valence-electron chi connectivity index (χ1n) is 7.53. The third-order valence-electron chi connectivity index (χ3n) is 3.02. The van der Waals surface area contributed by atoms with E-state index in [-0.39, 0.29) is 0 Å². The lowest BCUT2D eigenvalue weighted by Crippen LogP contribution is -2.32. The maximum atomic E-state index is 5.46. The summed E-state index contributed by atoms with van der Waals surface area (Å²) in [6, 6.07) is 0.978. The molecule has 0 amide bonds. The Morgan fingerprint density at radius 3 is 2.55 bits per heavy atom. The molecular weight excluding hydrogens is 254 g/mol. The average molecular weight is 279 g/mol. The average Bonchev–Trinajstić information content (AvgIpc) is 3.20. The molecule has 1 aliphatic rings. The van der Waals surface area contributed by atoms with Crippen molar-refractivity contribution in [1.29, 1.82) is 0 Å². The van der Waals surface area contributed by atoms with Crippen molar-refractivity contribution in [3.05, 3.63) is 0 Å². The summed E-state index contributed by atoms with van der Waals surface area (Å²) in [4.78, 5) is 15.6. The van der Waals surface area contributed by atoms with E-state index in [1.165, 1.54) is 12.8 Å². The summed E-state index contributed by atoms with van der Waals surface area (Å²) in [6.45, 7) is 10.7. The molecule has 1 aromatic heterocycles. The zero-order valence-electron chi connectivity index (χ0n) is 12.9. The summed E-state index contributed by atoms with van der Waals surface area (Å²) in [6.07, 6.45) is 2.44. The van der Waals surface area contributed by atoms with Crippen LogP contribution >= 0.6 is 0 Å². The van der Waals surface area contributed by atoms with Gasteiger partial charge in [-0.15, -0.1) is 0 Å². The number of ether oxygens (including phenoxy) is 1. The minimum absolute atomic E-state index is 0.405. The SMILES string of the molecule is CCNc1nc(OCC)nc(N(CC(C)C)C2CC2)n1. The Hall–Kier alpha value is -1.59. The van der Waals surface area contributed by atoms with Crippen molar-refractivity contribution >= 4 is 11.9 Å². The molecule has 20 heavy (non-hydrogen) atoms. The van der Waals surface area contributed by atoms with Gasteiger partial charge in [-0.3, -0.25) is 0 Å². The quantitative estimate of drug-likeness (QED) is 0.788. The molecule has 1 heterocycles. The minimum Gasteiger partial charge on any atom is -0.464 e. The first-order valence-corrected chi connectivity index (χ1v) is 7.53. The van der Waals surface area contributed by atoms with E-state index >= 15 is 0 Å². The van der Waals surface area contributed by atoms with Crippen molar-refractivity contribution in [1.82, 2.24) is 15.0 Å². The van der Waals surface area contributed by atoms with Crippen LogP contribution in [0, 0.1) is 5.92 Å². The van der Waals surface area contributed by atoms with Gasteiger partial charge in [0.05, 0.1) is 6.61 Å². The first-order chi connectivity index (χ1) is 9.63. The maximum absolute atomic E-state index is 5.46. The monoisotopic (exact) mass is 279 g/mol. The van der Waals surface area contributed by atoms with Crippen LogP contribution < -0.4 is 15.0 Å². The third kappa shape index (κ3) is 3.95. The molecule has 112 valence electrons. The summed E-state index contributed by atoms with van der Waals surface area (Å²) < 4.78 is 5.46. The molecular formula is C14H25N5O. The highest BCUT2D eigenvalue weighted by molar-refractivity contribution is 5.40. The highest BCUT2D eigenvalue weighted by atomic mass is 16.5. The van der Waals surface area contributed by atoms with Crippen molar-refractivity contribution in [3.63, 3.8) is 0 Å². The number of nitrogens with zero attached hydrogens (tertiary/aromatic N) is 4. The minimum atomic E-state index is 0.405. The molecule has 0 radical (unpaired) electrons. The first kappa shape index (κ1) is 14.8. The van der Waals surface area contributed by atoms with Gasteiger partial charge in [0.2, 0.25) is 11.9 Å². The molecule has 1 fully saturated rings. The van der Waals surface area contributed by atoms with Crippen LogP contribution in [-0.2, 0) is 0 Å². The lowest BCUT2D eigenvalue weighted by molar-refractivity contribution is 0.311. The largest absolute Gasteiger partial charge is 0.464 e. The molecule has 0 unspecified atom stereocenters. The van der Waals surface area contributed by atoms with Gasteiger partial charge in [-0.05, 0) is 32.6 Å². The molecule has 1 aromatic rings. The molecule has 6 nitrogen and oxygen atoms in total. The number of hydrogen-bond acceptors (Lipinski definition) is 6. The maximum Gasteiger partial charge on any atom is 0.323 e. The fourth-order valence-electron chi connectivity index (χ4n) is 2.08. The molecule has 0 atom stereocenters. The number of hydrogen-bond donors (Lipinski definition) is 1. The van der Waals surface area contributed by atoms with Crippen molar-refractivity contribution in [2.45, 2.75) is 46.6 Å². The second-order valence-electron chi connectivity index (χ2n) is 5.48. The smallest absolute Gasteiger partial charge is 0.323 e. The van der Waals surface area contributed by atoms with Crippen LogP contribution in [0.25, 0.3) is 0 Å². The summed E-state index contributed by atoms with van der Waals surface area (Å²) >= 11 is 0. The van der Waals surface area contributed by atoms with Gasteiger partial charge in [0.15, 0.2) is 0 Å². The standard InChI is InChI=1S/C14H25N5O/c1-5-15-12-16-13(18-14(17-12)20-6-2)19(9-10(3)4)11-7-8-11/h10-11H,5-9H2,1-4H3,(H,15,16,17,18). The Morgan fingerprint density at radius 2 is 2.00 bits per heavy atom. The molecule has 1 aliphatic carbocycles. The van der Waals surface area contributed by atoms with Gasteiger partial charge in [0.25, 0.3) is 0 Å². The molecule has 1 saturated carbocycles. The highest BCUT2D eigenvalue weighted by Crippen LogP contribution is 2.31. The van der Waals surface area contributed by atoms with Gasteiger partial charge in [0.1, 0.15) is 0 Å². The van der Waals surface area contributed by atoms with E-state index in [4.69, 9.17) is 4.74 Å². The van der Waals surface area contributed by atoms with Crippen molar-refractivity contribution < 1.29 is 4.74 Å². The lowest BCUT2D eigenvalue weighted by atomic mass is 10.2. The highest BCUT2D eigenvalue weighted by Gasteiger charge is 2.32. The van der Waals surface area contributed by atoms with Gasteiger partial charge in [-0.25, -0.2) is 0 Å². The molecule has 0 spiro atoms. The van der Waals surface area contributed by atoms with E-state index in [0.717, 1.165) is 19.0 Å². The summed E-state index contributed by atoms with van der Waals surface area (Å²) in [5, 5.41) is 3.15. The van der Waals surface area contributed by atoms with E-state index in [1.54, 1.807) is 0 Å². The summed E-state index contributed by atoms with van der Waals surface area (Å²) in [5.41, 5.74) is 0. The summed E-state index contributed by atoms with van der Waals surface area (Å²) in [7, 11) is 0. The second kappa shape index (κ2) is 6.72. The third-order valence-corrected chi connectivity index (χ3v) is 3.02. The molecule has 0 bridgehead atoms. The lowest BCUT2D eigenvalue weighted by Gasteiger charge is -2.24. The summed E-state index contributed by atoms with van der Waals surface area (Å²) in [5.74, 6) is 1.90. The van der Waals surface area contributed by atoms with Gasteiger partial charge in [-0.2, -0.15) is 15.0 Å². The zero-order chi connectivity index (χ0) is 14.5. The normalized spacial score (nSPS) is 14.4. The van der Waals surface area contributed by atoms with Gasteiger partial charge >= 0.3 is 6.01 Å². The molecule has 0 aromatic carbocycles. The zero-order valence-corrected chi connectivity index (χ0v) is 12.9. The van der Waals surface area contributed by atoms with Crippen LogP contribution in [0.15, 0.2) is 0 Å². The van der Waals surface area contributed by atoms with Crippen molar-refractivity contribution in [3.8, 4) is 6.01 Å². The Morgan fingerprint density at radius 1 is 1.25 bits per heavy atom. The topological polar surface area (TPSA) is 63.2 Å². The Kier molecular flexibility index (Phi) is 4.98. The van der Waals surface area contributed by atoms with Crippen LogP contribution in [0.4, 0.5) is 11.9 Å². The predicted molar refractivity (Wildman–Crippen MR) is 80.4 cm³/mol. The van der Waals surface area contributed by atoms with E-state index < -0.39 is 0 Å². The van der Waals surface area contributed by atoms with Crippen LogP contribution in [0.2, 0.25) is 0 Å². The van der Waals surface area contributed by atoms with Crippen molar-refractivity contribution in [2.24, 2.45) is 5.92 Å². The fourth-order valence-corrected chi connectivity index (χ4v) is 2.08. The number of anilines is 2. The molecule has 2 rings (SSSR count).